The lowest BCUT2D eigenvalue weighted by Gasteiger charge is -2.18. The molecule has 0 spiro atoms. The van der Waals surface area contributed by atoms with Gasteiger partial charge in [0.15, 0.2) is 0 Å². The Labute approximate surface area is 121 Å². The Morgan fingerprint density at radius 3 is 2.50 bits per heavy atom. The zero-order chi connectivity index (χ0) is 15.0. The van der Waals surface area contributed by atoms with Crippen molar-refractivity contribution in [1.29, 1.82) is 0 Å². The highest BCUT2D eigenvalue weighted by atomic mass is 16.5. The summed E-state index contributed by atoms with van der Waals surface area (Å²) in [7, 11) is 1.63. The quantitative estimate of drug-likeness (QED) is 0.768. The van der Waals surface area contributed by atoms with Crippen molar-refractivity contribution in [2.75, 3.05) is 20.3 Å². The number of aliphatic hydroxyl groups is 1. The minimum absolute atomic E-state index is 0.0439. The molecule has 112 valence electrons. The summed E-state index contributed by atoms with van der Waals surface area (Å²) in [5.74, 6) is 0.989. The van der Waals surface area contributed by atoms with Gasteiger partial charge in [-0.05, 0) is 36.5 Å². The molecule has 0 saturated heterocycles. The monoisotopic (exact) mass is 279 g/mol. The van der Waals surface area contributed by atoms with Crippen LogP contribution in [0.3, 0.4) is 0 Å². The highest BCUT2D eigenvalue weighted by Crippen LogP contribution is 2.22. The van der Waals surface area contributed by atoms with Crippen molar-refractivity contribution < 1.29 is 14.6 Å². The Morgan fingerprint density at radius 1 is 1.35 bits per heavy atom. The number of hydrogen-bond acceptors (Lipinski definition) is 3. The molecule has 1 rings (SSSR count). The summed E-state index contributed by atoms with van der Waals surface area (Å²) in [6.45, 7) is 4.79. The van der Waals surface area contributed by atoms with E-state index in [-0.39, 0.29) is 24.3 Å². The van der Waals surface area contributed by atoms with Gasteiger partial charge in [0.2, 0.25) is 5.91 Å². The highest BCUT2D eigenvalue weighted by Gasteiger charge is 2.18. The van der Waals surface area contributed by atoms with Gasteiger partial charge in [0.05, 0.1) is 13.0 Å². The van der Waals surface area contributed by atoms with E-state index in [0.29, 0.717) is 13.0 Å². The molecule has 1 aromatic rings. The Morgan fingerprint density at radius 2 is 2.00 bits per heavy atom. The first kappa shape index (κ1) is 16.5. The molecule has 0 saturated carbocycles. The molecule has 0 heterocycles. The largest absolute Gasteiger partial charge is 0.497 e. The van der Waals surface area contributed by atoms with Gasteiger partial charge >= 0.3 is 0 Å². The topological polar surface area (TPSA) is 58.6 Å². The van der Waals surface area contributed by atoms with Crippen molar-refractivity contribution in [2.45, 2.75) is 32.6 Å². The van der Waals surface area contributed by atoms with Crippen LogP contribution >= 0.6 is 0 Å². The summed E-state index contributed by atoms with van der Waals surface area (Å²) >= 11 is 0. The first-order valence-electron chi connectivity index (χ1n) is 7.14. The number of nitrogens with one attached hydrogen (secondary N) is 1. The number of methoxy groups -OCH3 is 1. The second-order valence-corrected chi connectivity index (χ2v) is 5.10. The molecular weight excluding hydrogens is 254 g/mol. The molecule has 0 fully saturated rings. The van der Waals surface area contributed by atoms with Gasteiger partial charge in [-0.2, -0.15) is 0 Å². The van der Waals surface area contributed by atoms with Crippen LogP contribution in [0.5, 0.6) is 5.75 Å². The predicted molar refractivity (Wildman–Crippen MR) is 79.9 cm³/mol. The summed E-state index contributed by atoms with van der Waals surface area (Å²) in [5, 5.41) is 11.8. The zero-order valence-corrected chi connectivity index (χ0v) is 12.6. The third kappa shape index (κ3) is 4.85. The van der Waals surface area contributed by atoms with Crippen molar-refractivity contribution in [2.24, 2.45) is 5.92 Å². The molecule has 2 atom stereocenters. The van der Waals surface area contributed by atoms with Crippen molar-refractivity contribution in [3.05, 3.63) is 29.8 Å². The molecular formula is C16H25NO3. The van der Waals surface area contributed by atoms with Gasteiger partial charge in [-0.3, -0.25) is 4.79 Å². The SMILES string of the molecule is CCC(C(=O)NCC(C)CCO)c1ccc(OC)cc1. The molecule has 4 nitrogen and oxygen atoms in total. The van der Waals surface area contributed by atoms with E-state index in [2.05, 4.69) is 5.32 Å². The summed E-state index contributed by atoms with van der Waals surface area (Å²) < 4.78 is 5.12. The van der Waals surface area contributed by atoms with E-state index in [1.165, 1.54) is 0 Å². The van der Waals surface area contributed by atoms with E-state index in [9.17, 15) is 4.79 Å². The van der Waals surface area contributed by atoms with Crippen LogP contribution in [0.1, 0.15) is 38.2 Å². The lowest BCUT2D eigenvalue weighted by Crippen LogP contribution is -2.32. The number of hydrogen-bond donors (Lipinski definition) is 2. The first-order valence-corrected chi connectivity index (χ1v) is 7.14. The second kappa shape index (κ2) is 8.59. The van der Waals surface area contributed by atoms with Gasteiger partial charge in [-0.25, -0.2) is 0 Å². The maximum atomic E-state index is 12.2. The Hall–Kier alpha value is -1.55. The van der Waals surface area contributed by atoms with Crippen LogP contribution in [0.15, 0.2) is 24.3 Å². The van der Waals surface area contributed by atoms with Crippen LogP contribution < -0.4 is 10.1 Å². The fraction of sp³-hybridized carbons (Fsp3) is 0.562. The number of aliphatic hydroxyl groups excluding tert-OH is 1. The molecule has 1 amide bonds. The van der Waals surface area contributed by atoms with Crippen LogP contribution in [-0.4, -0.2) is 31.3 Å². The average molecular weight is 279 g/mol. The molecule has 2 N–H and O–H groups in total. The van der Waals surface area contributed by atoms with Crippen molar-refractivity contribution in [3.63, 3.8) is 0 Å². The van der Waals surface area contributed by atoms with Gasteiger partial charge in [-0.15, -0.1) is 0 Å². The van der Waals surface area contributed by atoms with Crippen LogP contribution in [-0.2, 0) is 4.79 Å². The number of benzene rings is 1. The fourth-order valence-corrected chi connectivity index (χ4v) is 2.13. The standard InChI is InChI=1S/C16H25NO3/c1-4-15(13-5-7-14(20-3)8-6-13)16(19)17-11-12(2)9-10-18/h5-8,12,15,18H,4,9-11H2,1-3H3,(H,17,19). The minimum Gasteiger partial charge on any atom is -0.497 e. The lowest BCUT2D eigenvalue weighted by molar-refractivity contribution is -0.122. The highest BCUT2D eigenvalue weighted by molar-refractivity contribution is 5.83. The van der Waals surface area contributed by atoms with Crippen LogP contribution in [0.2, 0.25) is 0 Å². The maximum absolute atomic E-state index is 12.2. The maximum Gasteiger partial charge on any atom is 0.227 e. The third-order valence-corrected chi connectivity index (χ3v) is 3.49. The normalized spacial score (nSPS) is 13.6. The van der Waals surface area contributed by atoms with E-state index < -0.39 is 0 Å². The van der Waals surface area contributed by atoms with Gasteiger partial charge in [0.25, 0.3) is 0 Å². The molecule has 0 bridgehead atoms. The predicted octanol–water partition coefficient (Wildman–Crippen LogP) is 2.32. The minimum atomic E-state index is -0.137. The summed E-state index contributed by atoms with van der Waals surface area (Å²) in [5.41, 5.74) is 1.00. The van der Waals surface area contributed by atoms with E-state index in [4.69, 9.17) is 9.84 Å². The second-order valence-electron chi connectivity index (χ2n) is 5.10. The Bertz CT molecular complexity index is 403. The molecule has 0 radical (unpaired) electrons. The van der Waals surface area contributed by atoms with Crippen molar-refractivity contribution in [1.82, 2.24) is 5.32 Å². The molecule has 1 aromatic carbocycles. The van der Waals surface area contributed by atoms with E-state index in [1.807, 2.05) is 38.1 Å². The average Bonchev–Trinajstić information content (AvgIpc) is 2.47. The van der Waals surface area contributed by atoms with Gasteiger partial charge in [0, 0.05) is 13.2 Å². The Kier molecular flexibility index (Phi) is 7.09. The zero-order valence-electron chi connectivity index (χ0n) is 12.6. The molecule has 0 aliphatic rings. The van der Waals surface area contributed by atoms with E-state index in [0.717, 1.165) is 17.7 Å². The van der Waals surface area contributed by atoms with Crippen molar-refractivity contribution >= 4 is 5.91 Å². The third-order valence-electron chi connectivity index (χ3n) is 3.49. The van der Waals surface area contributed by atoms with E-state index >= 15 is 0 Å². The summed E-state index contributed by atoms with van der Waals surface area (Å²) in [6.07, 6.45) is 1.46. The molecule has 0 aromatic heterocycles. The van der Waals surface area contributed by atoms with E-state index in [1.54, 1.807) is 7.11 Å². The molecule has 2 unspecified atom stereocenters. The smallest absolute Gasteiger partial charge is 0.227 e. The van der Waals surface area contributed by atoms with Crippen LogP contribution in [0.25, 0.3) is 0 Å². The molecule has 0 aliphatic carbocycles. The van der Waals surface area contributed by atoms with Gasteiger partial charge in [-0.1, -0.05) is 26.0 Å². The summed E-state index contributed by atoms with van der Waals surface area (Å²) in [4.78, 5) is 12.2. The number of carbonyl (C=O) groups excluding carboxylic acids is 1. The lowest BCUT2D eigenvalue weighted by atomic mass is 9.95. The van der Waals surface area contributed by atoms with Crippen molar-refractivity contribution in [3.8, 4) is 5.75 Å². The molecule has 20 heavy (non-hydrogen) atoms. The number of rotatable bonds is 8. The number of amides is 1. The number of ether oxygens (including phenoxy) is 1. The summed E-state index contributed by atoms with van der Waals surface area (Å²) in [6, 6.07) is 7.62. The van der Waals surface area contributed by atoms with Gasteiger partial charge in [0.1, 0.15) is 5.75 Å². The van der Waals surface area contributed by atoms with Crippen LogP contribution in [0.4, 0.5) is 0 Å². The van der Waals surface area contributed by atoms with Crippen LogP contribution in [0, 0.1) is 5.92 Å². The van der Waals surface area contributed by atoms with Gasteiger partial charge < -0.3 is 15.2 Å². The number of carbonyl (C=O) groups is 1. The molecule has 4 heteroatoms. The molecule has 0 aliphatic heterocycles. The fourth-order valence-electron chi connectivity index (χ4n) is 2.13. The first-order chi connectivity index (χ1) is 9.62. The Balaban J connectivity index is 2.62.